The Balaban J connectivity index is 1.83. The Morgan fingerprint density at radius 2 is 2.07 bits per heavy atom. The molecule has 1 aromatic carbocycles. The van der Waals surface area contributed by atoms with Crippen molar-refractivity contribution in [2.75, 3.05) is 7.11 Å². The summed E-state index contributed by atoms with van der Waals surface area (Å²) < 4.78 is 5.21. The van der Waals surface area contributed by atoms with Crippen molar-refractivity contribution in [3.05, 3.63) is 87.9 Å². The van der Waals surface area contributed by atoms with E-state index in [0.717, 1.165) is 10.4 Å². The molecule has 1 aliphatic rings. The summed E-state index contributed by atoms with van der Waals surface area (Å²) in [7, 11) is 1.53. The molecule has 1 atom stereocenters. The lowest BCUT2D eigenvalue weighted by Gasteiger charge is -2.24. The fourth-order valence-corrected chi connectivity index (χ4v) is 4.25. The van der Waals surface area contributed by atoms with Crippen LogP contribution in [0.2, 0.25) is 0 Å². The van der Waals surface area contributed by atoms with Crippen molar-refractivity contribution < 1.29 is 19.4 Å². The lowest BCUT2D eigenvalue weighted by Crippen LogP contribution is -2.28. The number of hydrogen-bond donors (Lipinski definition) is 1. The van der Waals surface area contributed by atoms with Gasteiger partial charge in [-0.2, -0.15) is 0 Å². The van der Waals surface area contributed by atoms with Gasteiger partial charge in [-0.05, 0) is 35.2 Å². The van der Waals surface area contributed by atoms with E-state index >= 15 is 0 Å². The van der Waals surface area contributed by atoms with Crippen LogP contribution in [0.1, 0.15) is 22.0 Å². The predicted molar refractivity (Wildman–Crippen MR) is 109 cm³/mol. The minimum Gasteiger partial charge on any atom is -0.507 e. The highest BCUT2D eigenvalue weighted by Gasteiger charge is 2.46. The largest absolute Gasteiger partial charge is 0.507 e. The first kappa shape index (κ1) is 18.9. The average Bonchev–Trinajstić information content (AvgIpc) is 3.37. The van der Waals surface area contributed by atoms with Crippen molar-refractivity contribution in [1.82, 2.24) is 9.88 Å². The van der Waals surface area contributed by atoms with Gasteiger partial charge >= 0.3 is 0 Å². The van der Waals surface area contributed by atoms with Crippen LogP contribution in [0.25, 0.3) is 5.76 Å². The van der Waals surface area contributed by atoms with E-state index in [1.165, 1.54) is 23.3 Å². The molecule has 1 amide bonds. The van der Waals surface area contributed by atoms with Gasteiger partial charge < -0.3 is 14.7 Å². The number of aliphatic hydroxyl groups excluding tert-OH is 1. The number of nitrogens with zero attached hydrogens (tertiary/aromatic N) is 2. The van der Waals surface area contributed by atoms with Gasteiger partial charge in [0.15, 0.2) is 0 Å². The second kappa shape index (κ2) is 7.89. The van der Waals surface area contributed by atoms with Gasteiger partial charge in [-0.25, -0.2) is 0 Å². The van der Waals surface area contributed by atoms with Crippen LogP contribution < -0.4 is 4.74 Å². The molecule has 1 fully saturated rings. The lowest BCUT2D eigenvalue weighted by atomic mass is 9.99. The molecule has 1 saturated heterocycles. The van der Waals surface area contributed by atoms with Crippen molar-refractivity contribution in [1.29, 1.82) is 0 Å². The van der Waals surface area contributed by atoms with Crippen LogP contribution in [0.3, 0.4) is 0 Å². The van der Waals surface area contributed by atoms with E-state index in [1.807, 2.05) is 23.6 Å². The standard InChI is InChI=1S/C22H18N2O4S/c1-28-16-7-2-6-15(11-16)20(25)18-19(17-8-4-10-29-17)24(22(27)21(18)26)13-14-5-3-9-23-12-14/h2-12,19,25H,13H2,1H3/b20-18-. The summed E-state index contributed by atoms with van der Waals surface area (Å²) in [5, 5.41) is 12.9. The van der Waals surface area contributed by atoms with E-state index in [-0.39, 0.29) is 17.9 Å². The highest BCUT2D eigenvalue weighted by molar-refractivity contribution is 7.10. The van der Waals surface area contributed by atoms with Crippen LogP contribution >= 0.6 is 11.3 Å². The number of carbonyl (C=O) groups excluding carboxylic acids is 2. The van der Waals surface area contributed by atoms with Crippen LogP contribution in [-0.4, -0.2) is 33.8 Å². The summed E-state index contributed by atoms with van der Waals surface area (Å²) in [6, 6.07) is 13.5. The lowest BCUT2D eigenvalue weighted by molar-refractivity contribution is -0.140. The monoisotopic (exact) mass is 406 g/mol. The molecule has 1 N–H and O–H groups in total. The maximum Gasteiger partial charge on any atom is 0.295 e. The number of amides is 1. The van der Waals surface area contributed by atoms with Gasteiger partial charge in [0.1, 0.15) is 11.5 Å². The molecule has 1 aliphatic heterocycles. The Morgan fingerprint density at radius 3 is 2.76 bits per heavy atom. The first-order valence-corrected chi connectivity index (χ1v) is 9.83. The summed E-state index contributed by atoms with van der Waals surface area (Å²) in [4.78, 5) is 32.2. The molecule has 0 bridgehead atoms. The van der Waals surface area contributed by atoms with Gasteiger partial charge in [0.25, 0.3) is 11.7 Å². The zero-order valence-electron chi connectivity index (χ0n) is 15.6. The summed E-state index contributed by atoms with van der Waals surface area (Å²) in [6.07, 6.45) is 3.31. The van der Waals surface area contributed by atoms with Crippen molar-refractivity contribution in [3.63, 3.8) is 0 Å². The van der Waals surface area contributed by atoms with Gasteiger partial charge in [-0.15, -0.1) is 11.3 Å². The van der Waals surface area contributed by atoms with Gasteiger partial charge in [-0.1, -0.05) is 24.3 Å². The van der Waals surface area contributed by atoms with Crippen molar-refractivity contribution in [2.45, 2.75) is 12.6 Å². The number of carbonyl (C=O) groups is 2. The van der Waals surface area contributed by atoms with Crippen molar-refractivity contribution >= 4 is 28.8 Å². The normalized spacial score (nSPS) is 18.2. The number of hydrogen-bond acceptors (Lipinski definition) is 6. The van der Waals surface area contributed by atoms with Gasteiger partial charge in [0.2, 0.25) is 0 Å². The number of ketones is 1. The predicted octanol–water partition coefficient (Wildman–Crippen LogP) is 3.77. The number of pyridine rings is 1. The zero-order chi connectivity index (χ0) is 20.4. The number of thiophene rings is 1. The van der Waals surface area contributed by atoms with E-state index < -0.39 is 17.7 Å². The Bertz CT molecular complexity index is 1080. The maximum absolute atomic E-state index is 12.9. The molecule has 1 unspecified atom stereocenters. The first-order valence-electron chi connectivity index (χ1n) is 8.95. The number of likely N-dealkylation sites (tertiary alicyclic amines) is 1. The number of aromatic nitrogens is 1. The first-order chi connectivity index (χ1) is 14.1. The summed E-state index contributed by atoms with van der Waals surface area (Å²) >= 11 is 1.43. The fraction of sp³-hybridized carbons (Fsp3) is 0.136. The molecule has 3 aromatic rings. The van der Waals surface area contributed by atoms with Crippen LogP contribution in [-0.2, 0) is 16.1 Å². The Morgan fingerprint density at radius 1 is 1.21 bits per heavy atom. The third-order valence-electron chi connectivity index (χ3n) is 4.77. The Hall–Kier alpha value is -3.45. The molecule has 0 aliphatic carbocycles. The Labute approximate surface area is 171 Å². The number of ether oxygens (including phenoxy) is 1. The molecule has 0 radical (unpaired) electrons. The van der Waals surface area contributed by atoms with Crippen LogP contribution in [0.4, 0.5) is 0 Å². The molecular weight excluding hydrogens is 388 g/mol. The minimum atomic E-state index is -0.701. The van der Waals surface area contributed by atoms with E-state index in [9.17, 15) is 14.7 Å². The summed E-state index contributed by atoms with van der Waals surface area (Å²) in [6.45, 7) is 0.218. The highest BCUT2D eigenvalue weighted by Crippen LogP contribution is 2.42. The molecule has 0 spiro atoms. The maximum atomic E-state index is 12.9. The van der Waals surface area contributed by atoms with Gasteiger partial charge in [0.05, 0.1) is 18.7 Å². The van der Waals surface area contributed by atoms with E-state index in [0.29, 0.717) is 11.3 Å². The van der Waals surface area contributed by atoms with Gasteiger partial charge in [-0.3, -0.25) is 14.6 Å². The SMILES string of the molecule is COc1cccc(/C(O)=C2/C(=O)C(=O)N(Cc3cccnc3)C2c2cccs2)c1. The molecule has 0 saturated carbocycles. The van der Waals surface area contributed by atoms with E-state index in [1.54, 1.807) is 42.7 Å². The number of rotatable bonds is 5. The minimum absolute atomic E-state index is 0.0783. The summed E-state index contributed by atoms with van der Waals surface area (Å²) in [5.74, 6) is -1.01. The number of benzene rings is 1. The number of methoxy groups -OCH3 is 1. The van der Waals surface area contributed by atoms with E-state index in [4.69, 9.17) is 4.74 Å². The molecule has 3 heterocycles. The van der Waals surface area contributed by atoms with Crippen LogP contribution in [0, 0.1) is 0 Å². The summed E-state index contributed by atoms with van der Waals surface area (Å²) in [5.41, 5.74) is 1.30. The van der Waals surface area contributed by atoms with Crippen molar-refractivity contribution in [3.8, 4) is 5.75 Å². The fourth-order valence-electron chi connectivity index (χ4n) is 3.40. The quantitative estimate of drug-likeness (QED) is 0.396. The molecule has 2 aromatic heterocycles. The van der Waals surface area contributed by atoms with E-state index in [2.05, 4.69) is 4.98 Å². The molecule has 146 valence electrons. The van der Waals surface area contributed by atoms with Crippen LogP contribution in [0.5, 0.6) is 5.75 Å². The van der Waals surface area contributed by atoms with Crippen molar-refractivity contribution in [2.24, 2.45) is 0 Å². The zero-order valence-corrected chi connectivity index (χ0v) is 16.4. The highest BCUT2D eigenvalue weighted by atomic mass is 32.1. The Kier molecular flexibility index (Phi) is 5.14. The van der Waals surface area contributed by atoms with Crippen LogP contribution in [0.15, 0.2) is 71.9 Å². The molecule has 6 nitrogen and oxygen atoms in total. The second-order valence-corrected chi connectivity index (χ2v) is 7.51. The third-order valence-corrected chi connectivity index (χ3v) is 5.70. The topological polar surface area (TPSA) is 79.7 Å². The molecule has 7 heteroatoms. The third kappa shape index (κ3) is 3.52. The molecular formula is C22H18N2O4S. The molecule has 4 rings (SSSR count). The smallest absolute Gasteiger partial charge is 0.295 e. The number of aliphatic hydroxyl groups is 1. The average molecular weight is 406 g/mol. The molecule has 29 heavy (non-hydrogen) atoms. The second-order valence-electron chi connectivity index (χ2n) is 6.54. The number of Topliss-reactive ketones (excluding diaryl/α,β-unsaturated/α-hetero) is 1. The van der Waals surface area contributed by atoms with Gasteiger partial charge in [0, 0.05) is 29.4 Å².